The maximum absolute atomic E-state index is 12.8. The minimum atomic E-state index is -3.73. The van der Waals surface area contributed by atoms with Crippen LogP contribution in [0.1, 0.15) is 5.56 Å². The lowest BCUT2D eigenvalue weighted by atomic mass is 10.2. The Morgan fingerprint density at radius 3 is 2.43 bits per heavy atom. The monoisotopic (exact) mass is 365 g/mol. The molecule has 1 aromatic heterocycles. The molecule has 0 spiro atoms. The lowest BCUT2D eigenvalue weighted by molar-refractivity contribution is 0.283. The average Bonchev–Trinajstić information content (AvgIpc) is 2.87. The van der Waals surface area contributed by atoms with Gasteiger partial charge in [0.05, 0.1) is 12.1 Å². The summed E-state index contributed by atoms with van der Waals surface area (Å²) < 4.78 is 27.4. The van der Waals surface area contributed by atoms with Gasteiger partial charge in [-0.3, -0.25) is 0 Å². The molecule has 0 saturated carbocycles. The molecule has 0 unspecified atom stereocenters. The first-order chi connectivity index (χ1) is 10.1. The topological polar surface area (TPSA) is 59.3 Å². The van der Waals surface area contributed by atoms with Gasteiger partial charge in [-0.25, -0.2) is 12.4 Å². The molecule has 4 nitrogen and oxygen atoms in total. The highest BCUT2D eigenvalue weighted by molar-refractivity contribution is 9.10. The van der Waals surface area contributed by atoms with Crippen molar-refractivity contribution in [3.8, 4) is 0 Å². The zero-order chi connectivity index (χ0) is 15.0. The van der Waals surface area contributed by atoms with Crippen molar-refractivity contribution in [3.05, 3.63) is 64.8 Å². The number of halogens is 1. The number of nitrogens with zero attached hydrogens (tertiary/aromatic N) is 1. The van der Waals surface area contributed by atoms with Gasteiger partial charge in [-0.1, -0.05) is 30.3 Å². The van der Waals surface area contributed by atoms with Gasteiger partial charge in [0, 0.05) is 21.6 Å². The van der Waals surface area contributed by atoms with Gasteiger partial charge in [0.2, 0.25) is 0 Å². The third kappa shape index (κ3) is 2.29. The summed E-state index contributed by atoms with van der Waals surface area (Å²) in [7, 11) is -3.73. The lowest BCUT2D eigenvalue weighted by Crippen LogP contribution is -2.12. The fraction of sp³-hybridized carbons (Fsp3) is 0.0667. The van der Waals surface area contributed by atoms with E-state index >= 15 is 0 Å². The lowest BCUT2D eigenvalue weighted by Gasteiger charge is -2.09. The fourth-order valence-electron chi connectivity index (χ4n) is 2.30. The smallest absolute Gasteiger partial charge is 0.269 e. The van der Waals surface area contributed by atoms with E-state index in [-0.39, 0.29) is 11.5 Å². The quantitative estimate of drug-likeness (QED) is 0.775. The highest BCUT2D eigenvalue weighted by Crippen LogP contribution is 2.29. The number of aliphatic hydroxyl groups is 1. The molecule has 0 fully saturated rings. The number of para-hydroxylation sites is 1. The number of benzene rings is 2. The minimum Gasteiger partial charge on any atom is -0.392 e. The van der Waals surface area contributed by atoms with Crippen LogP contribution in [0.4, 0.5) is 0 Å². The van der Waals surface area contributed by atoms with Crippen LogP contribution < -0.4 is 0 Å². The van der Waals surface area contributed by atoms with Gasteiger partial charge in [-0.15, -0.1) is 0 Å². The van der Waals surface area contributed by atoms with E-state index in [1.807, 2.05) is 6.07 Å². The molecular weight excluding hydrogens is 354 g/mol. The summed E-state index contributed by atoms with van der Waals surface area (Å²) in [5.41, 5.74) is 1.14. The number of aromatic nitrogens is 1. The molecule has 0 radical (unpaired) electrons. The zero-order valence-electron chi connectivity index (χ0n) is 10.9. The third-order valence-electron chi connectivity index (χ3n) is 3.30. The van der Waals surface area contributed by atoms with E-state index in [2.05, 4.69) is 15.9 Å². The first-order valence-electron chi connectivity index (χ1n) is 6.25. The number of fused-ring (bicyclic) bond motifs is 1. The Kier molecular flexibility index (Phi) is 3.61. The van der Waals surface area contributed by atoms with E-state index in [0.29, 0.717) is 15.6 Å². The van der Waals surface area contributed by atoms with Crippen molar-refractivity contribution in [2.45, 2.75) is 11.5 Å². The molecule has 0 aliphatic heterocycles. The molecule has 2 aromatic carbocycles. The van der Waals surface area contributed by atoms with E-state index in [9.17, 15) is 13.5 Å². The number of hydrogen-bond acceptors (Lipinski definition) is 3. The van der Waals surface area contributed by atoms with E-state index < -0.39 is 10.0 Å². The van der Waals surface area contributed by atoms with Crippen LogP contribution in [0.2, 0.25) is 0 Å². The summed E-state index contributed by atoms with van der Waals surface area (Å²) in [5, 5.41) is 10.2. The number of hydrogen-bond donors (Lipinski definition) is 1. The van der Waals surface area contributed by atoms with Crippen LogP contribution in [-0.4, -0.2) is 17.5 Å². The number of rotatable bonds is 3. The summed E-state index contributed by atoms with van der Waals surface area (Å²) in [6.45, 7) is -0.209. The molecule has 0 saturated heterocycles. The summed E-state index contributed by atoms with van der Waals surface area (Å²) in [6.07, 6.45) is 1.47. The Bertz CT molecular complexity index is 916. The van der Waals surface area contributed by atoms with Crippen molar-refractivity contribution in [1.82, 2.24) is 3.97 Å². The molecule has 0 aliphatic carbocycles. The predicted molar refractivity (Wildman–Crippen MR) is 84.6 cm³/mol. The van der Waals surface area contributed by atoms with Crippen molar-refractivity contribution >= 4 is 36.9 Å². The van der Waals surface area contributed by atoms with E-state index in [1.54, 1.807) is 42.5 Å². The van der Waals surface area contributed by atoms with E-state index in [1.165, 1.54) is 10.2 Å². The van der Waals surface area contributed by atoms with Gasteiger partial charge >= 0.3 is 0 Å². The molecule has 108 valence electrons. The van der Waals surface area contributed by atoms with Crippen molar-refractivity contribution in [2.24, 2.45) is 0 Å². The maximum atomic E-state index is 12.8. The summed E-state index contributed by atoms with van der Waals surface area (Å²) in [4.78, 5) is 0.190. The first-order valence-corrected chi connectivity index (χ1v) is 8.49. The Balaban J connectivity index is 2.32. The Morgan fingerprint density at radius 1 is 1.05 bits per heavy atom. The van der Waals surface area contributed by atoms with Crippen LogP contribution >= 0.6 is 15.9 Å². The standard InChI is InChI=1S/C15H12BrNO3S/c16-13-6-2-4-8-15(13)21(19,20)17-9-11(10-18)12-5-1-3-7-14(12)17/h1-9,18H,10H2. The fourth-order valence-corrected chi connectivity index (χ4v) is 4.66. The van der Waals surface area contributed by atoms with Crippen molar-refractivity contribution < 1.29 is 13.5 Å². The van der Waals surface area contributed by atoms with E-state index in [4.69, 9.17) is 0 Å². The van der Waals surface area contributed by atoms with E-state index in [0.717, 1.165) is 5.39 Å². The molecular formula is C15H12BrNO3S. The van der Waals surface area contributed by atoms with Crippen molar-refractivity contribution in [3.63, 3.8) is 0 Å². The largest absolute Gasteiger partial charge is 0.392 e. The van der Waals surface area contributed by atoms with Crippen molar-refractivity contribution in [1.29, 1.82) is 0 Å². The summed E-state index contributed by atoms with van der Waals surface area (Å²) in [5.74, 6) is 0. The van der Waals surface area contributed by atoms with Gasteiger partial charge in [0.1, 0.15) is 4.90 Å². The molecule has 0 bridgehead atoms. The second-order valence-electron chi connectivity index (χ2n) is 4.56. The van der Waals surface area contributed by atoms with Gasteiger partial charge in [-0.05, 0) is 34.1 Å². The third-order valence-corrected chi connectivity index (χ3v) is 5.99. The predicted octanol–water partition coefficient (Wildman–Crippen LogP) is 3.13. The molecule has 1 heterocycles. The van der Waals surface area contributed by atoms with Gasteiger partial charge in [-0.2, -0.15) is 0 Å². The van der Waals surface area contributed by atoms with Gasteiger partial charge in [0.15, 0.2) is 0 Å². The SMILES string of the molecule is O=S(=O)(c1ccccc1Br)n1cc(CO)c2ccccc21. The summed E-state index contributed by atoms with van der Waals surface area (Å²) in [6, 6.07) is 13.8. The second-order valence-corrected chi connectivity index (χ2v) is 7.20. The minimum absolute atomic E-state index is 0.190. The molecule has 0 atom stereocenters. The van der Waals surface area contributed by atoms with Crippen LogP contribution in [-0.2, 0) is 16.6 Å². The van der Waals surface area contributed by atoms with Crippen molar-refractivity contribution in [2.75, 3.05) is 0 Å². The Morgan fingerprint density at radius 2 is 1.71 bits per heavy atom. The highest BCUT2D eigenvalue weighted by Gasteiger charge is 2.22. The first kappa shape index (κ1) is 14.3. The van der Waals surface area contributed by atoms with Gasteiger partial charge in [0.25, 0.3) is 10.0 Å². The molecule has 3 aromatic rings. The normalized spacial score (nSPS) is 11.9. The van der Waals surface area contributed by atoms with Crippen LogP contribution in [0.3, 0.4) is 0 Å². The highest BCUT2D eigenvalue weighted by atomic mass is 79.9. The Hall–Kier alpha value is -1.63. The zero-order valence-corrected chi connectivity index (χ0v) is 13.3. The van der Waals surface area contributed by atoms with Crippen LogP contribution in [0.15, 0.2) is 64.1 Å². The molecule has 1 N–H and O–H groups in total. The molecule has 0 aliphatic rings. The second kappa shape index (κ2) is 5.29. The molecule has 21 heavy (non-hydrogen) atoms. The molecule has 3 rings (SSSR count). The average molecular weight is 366 g/mol. The molecule has 6 heteroatoms. The molecule has 0 amide bonds. The van der Waals surface area contributed by atoms with Crippen LogP contribution in [0.5, 0.6) is 0 Å². The van der Waals surface area contributed by atoms with Gasteiger partial charge < -0.3 is 5.11 Å². The Labute approximate surface area is 130 Å². The van der Waals surface area contributed by atoms with Crippen LogP contribution in [0, 0.1) is 0 Å². The maximum Gasteiger partial charge on any atom is 0.269 e. The summed E-state index contributed by atoms with van der Waals surface area (Å²) >= 11 is 3.28. The van der Waals surface area contributed by atoms with Crippen LogP contribution in [0.25, 0.3) is 10.9 Å². The number of aliphatic hydroxyl groups excluding tert-OH is 1.